The van der Waals surface area contributed by atoms with Gasteiger partial charge in [0.05, 0.1) is 4.90 Å². The highest BCUT2D eigenvalue weighted by atomic mass is 32.2. The summed E-state index contributed by atoms with van der Waals surface area (Å²) in [6.07, 6.45) is 2.06. The van der Waals surface area contributed by atoms with E-state index in [0.717, 1.165) is 31.5 Å². The average molecular weight is 372 g/mol. The maximum Gasteiger partial charge on any atom is 0.253 e. The van der Waals surface area contributed by atoms with Gasteiger partial charge in [-0.05, 0) is 42.7 Å². The molecule has 0 unspecified atom stereocenters. The number of hydrogen-bond donors (Lipinski definition) is 0. The van der Waals surface area contributed by atoms with Gasteiger partial charge < -0.3 is 4.90 Å². The fraction of sp³-hybridized carbons (Fsp3) is 0.350. The van der Waals surface area contributed by atoms with Crippen molar-refractivity contribution in [3.8, 4) is 0 Å². The van der Waals surface area contributed by atoms with Crippen LogP contribution in [0.3, 0.4) is 0 Å². The number of amides is 1. The van der Waals surface area contributed by atoms with Crippen molar-refractivity contribution in [3.63, 3.8) is 0 Å². The Morgan fingerprint density at radius 1 is 1.00 bits per heavy atom. The Kier molecular flexibility index (Phi) is 5.74. The lowest BCUT2D eigenvalue weighted by molar-refractivity contribution is 0.0792. The van der Waals surface area contributed by atoms with E-state index in [2.05, 4.69) is 0 Å². The second-order valence-corrected chi connectivity index (χ2v) is 8.38. The highest BCUT2D eigenvalue weighted by Crippen LogP contribution is 2.20. The van der Waals surface area contributed by atoms with Gasteiger partial charge in [0.25, 0.3) is 5.91 Å². The Bertz CT molecular complexity index is 842. The Labute approximate surface area is 155 Å². The lowest BCUT2D eigenvalue weighted by Gasteiger charge is -2.21. The van der Waals surface area contributed by atoms with Gasteiger partial charge in [0, 0.05) is 31.7 Å². The van der Waals surface area contributed by atoms with E-state index in [9.17, 15) is 13.2 Å². The standard InChI is InChI=1S/C20H24N2O3S/c1-2-22(16-17-8-4-3-5-9-17)26(24,25)19-12-10-18(11-13-19)20(23)21-14-6-7-15-21/h3-5,8-13H,2,6-7,14-16H2,1H3. The molecule has 0 bridgehead atoms. The van der Waals surface area contributed by atoms with Crippen LogP contribution in [0.2, 0.25) is 0 Å². The van der Waals surface area contributed by atoms with Crippen LogP contribution >= 0.6 is 0 Å². The average Bonchev–Trinajstić information content (AvgIpc) is 3.21. The fourth-order valence-corrected chi connectivity index (χ4v) is 4.61. The zero-order valence-corrected chi connectivity index (χ0v) is 15.8. The van der Waals surface area contributed by atoms with Crippen molar-refractivity contribution in [1.29, 1.82) is 0 Å². The molecule has 6 heteroatoms. The van der Waals surface area contributed by atoms with Crippen LogP contribution < -0.4 is 0 Å². The molecule has 0 aliphatic carbocycles. The minimum atomic E-state index is -3.60. The number of likely N-dealkylation sites (tertiary alicyclic amines) is 1. The van der Waals surface area contributed by atoms with Crippen LogP contribution in [0, 0.1) is 0 Å². The normalized spacial score (nSPS) is 14.8. The minimum absolute atomic E-state index is 0.0249. The van der Waals surface area contributed by atoms with Gasteiger partial charge in [0.1, 0.15) is 0 Å². The molecule has 0 saturated carbocycles. The number of hydrogen-bond acceptors (Lipinski definition) is 3. The SMILES string of the molecule is CCN(Cc1ccccc1)S(=O)(=O)c1ccc(C(=O)N2CCCC2)cc1. The molecule has 1 aliphatic rings. The molecule has 0 radical (unpaired) electrons. The molecule has 26 heavy (non-hydrogen) atoms. The summed E-state index contributed by atoms with van der Waals surface area (Å²) in [6, 6.07) is 15.8. The molecule has 1 fully saturated rings. The van der Waals surface area contributed by atoms with Crippen LogP contribution in [0.5, 0.6) is 0 Å². The van der Waals surface area contributed by atoms with Gasteiger partial charge in [0.15, 0.2) is 0 Å². The summed E-state index contributed by atoms with van der Waals surface area (Å²) in [5.74, 6) is -0.0249. The molecule has 0 atom stereocenters. The van der Waals surface area contributed by atoms with Crippen LogP contribution in [0.25, 0.3) is 0 Å². The highest BCUT2D eigenvalue weighted by Gasteiger charge is 2.24. The second-order valence-electron chi connectivity index (χ2n) is 6.44. The van der Waals surface area contributed by atoms with E-state index >= 15 is 0 Å². The summed E-state index contributed by atoms with van der Waals surface area (Å²) >= 11 is 0. The summed E-state index contributed by atoms with van der Waals surface area (Å²) in [7, 11) is -3.60. The van der Waals surface area contributed by atoms with Crippen LogP contribution in [0.4, 0.5) is 0 Å². The Balaban J connectivity index is 1.78. The lowest BCUT2D eigenvalue weighted by atomic mass is 10.2. The highest BCUT2D eigenvalue weighted by molar-refractivity contribution is 7.89. The van der Waals surface area contributed by atoms with Gasteiger partial charge in [-0.2, -0.15) is 4.31 Å². The first kappa shape index (κ1) is 18.6. The first-order valence-electron chi connectivity index (χ1n) is 8.96. The third-order valence-electron chi connectivity index (χ3n) is 4.69. The van der Waals surface area contributed by atoms with Crippen LogP contribution in [-0.4, -0.2) is 43.2 Å². The number of carbonyl (C=O) groups excluding carboxylic acids is 1. The Morgan fingerprint density at radius 3 is 2.19 bits per heavy atom. The molecule has 0 N–H and O–H groups in total. The second kappa shape index (κ2) is 8.01. The first-order valence-corrected chi connectivity index (χ1v) is 10.4. The lowest BCUT2D eigenvalue weighted by Crippen LogP contribution is -2.30. The molecule has 0 spiro atoms. The Hall–Kier alpha value is -2.18. The zero-order valence-electron chi connectivity index (χ0n) is 15.0. The van der Waals surface area contributed by atoms with Crippen LogP contribution in [0.15, 0.2) is 59.5 Å². The molecule has 2 aromatic carbocycles. The summed E-state index contributed by atoms with van der Waals surface area (Å²) in [5, 5.41) is 0. The molecular formula is C20H24N2O3S. The van der Waals surface area contributed by atoms with Crippen molar-refractivity contribution in [2.75, 3.05) is 19.6 Å². The van der Waals surface area contributed by atoms with Crippen molar-refractivity contribution >= 4 is 15.9 Å². The predicted molar refractivity (Wildman–Crippen MR) is 101 cm³/mol. The molecule has 138 valence electrons. The summed E-state index contributed by atoms with van der Waals surface area (Å²) in [6.45, 7) is 4.09. The predicted octanol–water partition coefficient (Wildman–Crippen LogP) is 3.13. The number of sulfonamides is 1. The summed E-state index contributed by atoms with van der Waals surface area (Å²) < 4.78 is 27.3. The minimum Gasteiger partial charge on any atom is -0.339 e. The third kappa shape index (κ3) is 3.97. The van der Waals surface area contributed by atoms with Crippen molar-refractivity contribution in [1.82, 2.24) is 9.21 Å². The van der Waals surface area contributed by atoms with Gasteiger partial charge in [-0.1, -0.05) is 37.3 Å². The van der Waals surface area contributed by atoms with E-state index in [1.165, 1.54) is 16.4 Å². The van der Waals surface area contributed by atoms with Crippen molar-refractivity contribution < 1.29 is 13.2 Å². The van der Waals surface area contributed by atoms with Crippen molar-refractivity contribution in [2.45, 2.75) is 31.2 Å². The molecule has 1 heterocycles. The number of nitrogens with zero attached hydrogens (tertiary/aromatic N) is 2. The number of benzene rings is 2. The van der Waals surface area contributed by atoms with E-state index in [4.69, 9.17) is 0 Å². The molecule has 0 aromatic heterocycles. The van der Waals surface area contributed by atoms with Crippen LogP contribution in [0.1, 0.15) is 35.7 Å². The van der Waals surface area contributed by atoms with Crippen molar-refractivity contribution in [3.05, 3.63) is 65.7 Å². The molecule has 1 aliphatic heterocycles. The van der Waals surface area contributed by atoms with E-state index in [-0.39, 0.29) is 10.8 Å². The number of rotatable bonds is 6. The van der Waals surface area contributed by atoms with Gasteiger partial charge in [-0.15, -0.1) is 0 Å². The quantitative estimate of drug-likeness (QED) is 0.783. The monoisotopic (exact) mass is 372 g/mol. The molecule has 1 saturated heterocycles. The molecule has 1 amide bonds. The maximum absolute atomic E-state index is 12.9. The van der Waals surface area contributed by atoms with Gasteiger partial charge in [-0.3, -0.25) is 4.79 Å². The van der Waals surface area contributed by atoms with E-state index in [1.54, 1.807) is 12.1 Å². The van der Waals surface area contributed by atoms with E-state index < -0.39 is 10.0 Å². The first-order chi connectivity index (χ1) is 12.5. The van der Waals surface area contributed by atoms with Gasteiger partial charge >= 0.3 is 0 Å². The molecule has 3 rings (SSSR count). The van der Waals surface area contributed by atoms with Gasteiger partial charge in [-0.25, -0.2) is 8.42 Å². The molecule has 2 aromatic rings. The van der Waals surface area contributed by atoms with Gasteiger partial charge in [0.2, 0.25) is 10.0 Å². The molecule has 5 nitrogen and oxygen atoms in total. The largest absolute Gasteiger partial charge is 0.339 e. The van der Waals surface area contributed by atoms with E-state index in [0.29, 0.717) is 18.7 Å². The topological polar surface area (TPSA) is 57.7 Å². The summed E-state index contributed by atoms with van der Waals surface area (Å²) in [4.78, 5) is 14.4. The third-order valence-corrected chi connectivity index (χ3v) is 6.62. The number of carbonyl (C=O) groups is 1. The smallest absolute Gasteiger partial charge is 0.253 e. The van der Waals surface area contributed by atoms with E-state index in [1.807, 2.05) is 42.2 Å². The Morgan fingerprint density at radius 2 is 1.62 bits per heavy atom. The summed E-state index contributed by atoms with van der Waals surface area (Å²) in [5.41, 5.74) is 1.48. The van der Waals surface area contributed by atoms with Crippen LogP contribution in [-0.2, 0) is 16.6 Å². The maximum atomic E-state index is 12.9. The molecular weight excluding hydrogens is 348 g/mol. The van der Waals surface area contributed by atoms with Crippen molar-refractivity contribution in [2.24, 2.45) is 0 Å². The fourth-order valence-electron chi connectivity index (χ4n) is 3.18. The zero-order chi connectivity index (χ0) is 18.6.